The number of nitrogens with one attached hydrogen (secondary N) is 1. The van der Waals surface area contributed by atoms with Crippen molar-refractivity contribution in [3.05, 3.63) is 51.6 Å². The van der Waals surface area contributed by atoms with Gasteiger partial charge in [-0.1, -0.05) is 0 Å². The van der Waals surface area contributed by atoms with E-state index < -0.39 is 0 Å². The predicted octanol–water partition coefficient (Wildman–Crippen LogP) is 1.95. The van der Waals surface area contributed by atoms with Gasteiger partial charge in [-0.05, 0) is 40.3 Å². The Morgan fingerprint density at radius 1 is 1.53 bits per heavy atom. The number of carbonyl (C=O) groups excluding carboxylic acids is 1. The molecule has 2 aromatic rings. The zero-order valence-corrected chi connectivity index (χ0v) is 11.5. The van der Waals surface area contributed by atoms with Crippen LogP contribution >= 0.6 is 22.6 Å². The molecule has 5 heteroatoms. The minimum atomic E-state index is -0.0688. The van der Waals surface area contributed by atoms with Gasteiger partial charge in [-0.2, -0.15) is 0 Å². The van der Waals surface area contributed by atoms with Gasteiger partial charge < -0.3 is 9.88 Å². The van der Waals surface area contributed by atoms with Crippen molar-refractivity contribution < 1.29 is 4.79 Å². The molecule has 0 bridgehead atoms. The largest absolute Gasteiger partial charge is 0.357 e. The quantitative estimate of drug-likeness (QED) is 0.868. The van der Waals surface area contributed by atoms with Gasteiger partial charge in [0.25, 0.3) is 5.91 Å². The molecule has 0 aliphatic carbocycles. The molecule has 2 aromatic heterocycles. The molecule has 0 aliphatic heterocycles. The van der Waals surface area contributed by atoms with E-state index in [0.29, 0.717) is 12.1 Å². The molecule has 17 heavy (non-hydrogen) atoms. The van der Waals surface area contributed by atoms with E-state index in [0.717, 1.165) is 9.13 Å². The fraction of sp³-hybridized carbons (Fsp3) is 0.167. The van der Waals surface area contributed by atoms with E-state index in [1.807, 2.05) is 30.1 Å². The number of carbonyl (C=O) groups is 1. The zero-order chi connectivity index (χ0) is 12.3. The third-order valence-electron chi connectivity index (χ3n) is 2.36. The van der Waals surface area contributed by atoms with Crippen molar-refractivity contribution in [3.8, 4) is 0 Å². The Morgan fingerprint density at radius 3 is 3.00 bits per heavy atom. The van der Waals surface area contributed by atoms with Crippen LogP contribution in [0.1, 0.15) is 15.9 Å². The highest BCUT2D eigenvalue weighted by Crippen LogP contribution is 2.09. The maximum absolute atomic E-state index is 11.9. The molecule has 4 nitrogen and oxygen atoms in total. The maximum atomic E-state index is 11.9. The summed E-state index contributed by atoms with van der Waals surface area (Å²) in [4.78, 5) is 15.9. The van der Waals surface area contributed by atoms with Gasteiger partial charge in [0.2, 0.25) is 0 Å². The third-order valence-corrected chi connectivity index (χ3v) is 3.22. The van der Waals surface area contributed by atoms with Gasteiger partial charge >= 0.3 is 0 Å². The number of pyridine rings is 1. The van der Waals surface area contributed by atoms with Crippen LogP contribution in [0.25, 0.3) is 0 Å². The number of halogens is 1. The molecule has 1 N–H and O–H groups in total. The van der Waals surface area contributed by atoms with Crippen molar-refractivity contribution in [1.82, 2.24) is 14.9 Å². The van der Waals surface area contributed by atoms with Gasteiger partial charge in [-0.3, -0.25) is 9.78 Å². The highest BCUT2D eigenvalue weighted by atomic mass is 127. The van der Waals surface area contributed by atoms with Gasteiger partial charge in [0.1, 0.15) is 0 Å². The van der Waals surface area contributed by atoms with Crippen LogP contribution < -0.4 is 5.32 Å². The van der Waals surface area contributed by atoms with Crippen molar-refractivity contribution in [2.45, 2.75) is 6.54 Å². The monoisotopic (exact) mass is 341 g/mol. The third kappa shape index (κ3) is 3.06. The lowest BCUT2D eigenvalue weighted by Crippen LogP contribution is -2.23. The minimum Gasteiger partial charge on any atom is -0.357 e. The van der Waals surface area contributed by atoms with Crippen LogP contribution in [0.3, 0.4) is 0 Å². The van der Waals surface area contributed by atoms with Gasteiger partial charge in [0.15, 0.2) is 0 Å². The lowest BCUT2D eigenvalue weighted by Gasteiger charge is -2.05. The topological polar surface area (TPSA) is 46.9 Å². The van der Waals surface area contributed by atoms with Crippen LogP contribution in [0.5, 0.6) is 0 Å². The van der Waals surface area contributed by atoms with Crippen LogP contribution in [0.15, 0.2) is 36.9 Å². The normalized spacial score (nSPS) is 10.2. The molecule has 88 valence electrons. The Labute approximate surface area is 113 Å². The number of hydrogen-bond acceptors (Lipinski definition) is 2. The number of hydrogen-bond donors (Lipinski definition) is 1. The molecular weight excluding hydrogens is 329 g/mol. The van der Waals surface area contributed by atoms with Crippen molar-refractivity contribution in [1.29, 1.82) is 0 Å². The number of rotatable bonds is 3. The van der Waals surface area contributed by atoms with Crippen LogP contribution in [0.4, 0.5) is 0 Å². The first-order valence-electron chi connectivity index (χ1n) is 5.15. The van der Waals surface area contributed by atoms with Crippen molar-refractivity contribution in [3.63, 3.8) is 0 Å². The summed E-state index contributed by atoms with van der Waals surface area (Å²) < 4.78 is 2.81. The van der Waals surface area contributed by atoms with Crippen LogP contribution in [-0.4, -0.2) is 15.5 Å². The smallest absolute Gasteiger partial charge is 0.252 e. The van der Waals surface area contributed by atoms with Gasteiger partial charge in [0.05, 0.1) is 5.56 Å². The standard InChI is InChI=1S/C12H12IN3O/c1-16-5-3-9(8-16)6-15-12(17)10-2-4-14-7-11(10)13/h2-5,7-8H,6H2,1H3,(H,15,17). The van der Waals surface area contributed by atoms with Gasteiger partial charge in [-0.15, -0.1) is 0 Å². The first-order chi connectivity index (χ1) is 8.16. The Hall–Kier alpha value is -1.37. The van der Waals surface area contributed by atoms with E-state index in [1.54, 1.807) is 18.5 Å². The van der Waals surface area contributed by atoms with E-state index in [9.17, 15) is 4.79 Å². The number of aromatic nitrogens is 2. The predicted molar refractivity (Wildman–Crippen MR) is 73.5 cm³/mol. The molecule has 0 saturated carbocycles. The SMILES string of the molecule is Cn1ccc(CNC(=O)c2ccncc2I)c1. The van der Waals surface area contributed by atoms with Crippen LogP contribution in [0, 0.1) is 3.57 Å². The lowest BCUT2D eigenvalue weighted by molar-refractivity contribution is 0.0950. The molecule has 0 aliphatic rings. The minimum absolute atomic E-state index is 0.0688. The maximum Gasteiger partial charge on any atom is 0.252 e. The number of aryl methyl sites for hydroxylation is 1. The Bertz CT molecular complexity index is 536. The van der Waals surface area contributed by atoms with E-state index in [2.05, 4.69) is 32.9 Å². The van der Waals surface area contributed by atoms with E-state index in [1.165, 1.54) is 0 Å². The molecule has 0 fully saturated rings. The lowest BCUT2D eigenvalue weighted by atomic mass is 10.2. The second kappa shape index (κ2) is 5.31. The molecular formula is C12H12IN3O. The average Bonchev–Trinajstić information content (AvgIpc) is 2.73. The fourth-order valence-electron chi connectivity index (χ4n) is 1.50. The molecule has 0 radical (unpaired) electrons. The highest BCUT2D eigenvalue weighted by Gasteiger charge is 2.08. The summed E-state index contributed by atoms with van der Waals surface area (Å²) in [7, 11) is 1.96. The van der Waals surface area contributed by atoms with Gasteiger partial charge in [0, 0.05) is 41.9 Å². The fourth-order valence-corrected chi connectivity index (χ4v) is 2.09. The molecule has 0 atom stereocenters. The Balaban J connectivity index is 2.01. The van der Waals surface area contributed by atoms with E-state index >= 15 is 0 Å². The molecule has 1 amide bonds. The van der Waals surface area contributed by atoms with Gasteiger partial charge in [-0.25, -0.2) is 0 Å². The van der Waals surface area contributed by atoms with Crippen molar-refractivity contribution in [2.24, 2.45) is 7.05 Å². The summed E-state index contributed by atoms with van der Waals surface area (Å²) in [6.07, 6.45) is 7.24. The zero-order valence-electron chi connectivity index (χ0n) is 9.35. The van der Waals surface area contributed by atoms with E-state index in [4.69, 9.17) is 0 Å². The average molecular weight is 341 g/mol. The van der Waals surface area contributed by atoms with Crippen LogP contribution in [-0.2, 0) is 13.6 Å². The van der Waals surface area contributed by atoms with Crippen molar-refractivity contribution >= 4 is 28.5 Å². The molecule has 0 unspecified atom stereocenters. The number of nitrogens with zero attached hydrogens (tertiary/aromatic N) is 2. The summed E-state index contributed by atoms with van der Waals surface area (Å²) in [6.45, 7) is 0.540. The molecule has 2 rings (SSSR count). The summed E-state index contributed by atoms with van der Waals surface area (Å²) in [6, 6.07) is 3.71. The second-order valence-electron chi connectivity index (χ2n) is 3.72. The van der Waals surface area contributed by atoms with E-state index in [-0.39, 0.29) is 5.91 Å². The summed E-state index contributed by atoms with van der Waals surface area (Å²) in [5, 5.41) is 2.88. The molecule has 0 spiro atoms. The highest BCUT2D eigenvalue weighted by molar-refractivity contribution is 14.1. The van der Waals surface area contributed by atoms with Crippen LogP contribution in [0.2, 0.25) is 0 Å². The first kappa shape index (κ1) is 12.1. The Kier molecular flexibility index (Phi) is 3.78. The molecule has 2 heterocycles. The summed E-state index contributed by atoms with van der Waals surface area (Å²) in [5.41, 5.74) is 1.75. The number of amides is 1. The van der Waals surface area contributed by atoms with Crippen molar-refractivity contribution in [2.75, 3.05) is 0 Å². The Morgan fingerprint density at radius 2 is 2.35 bits per heavy atom. The molecule has 0 aromatic carbocycles. The summed E-state index contributed by atoms with van der Waals surface area (Å²) in [5.74, 6) is -0.0688. The molecule has 0 saturated heterocycles. The second-order valence-corrected chi connectivity index (χ2v) is 4.89. The first-order valence-corrected chi connectivity index (χ1v) is 6.23. The summed E-state index contributed by atoms with van der Waals surface area (Å²) >= 11 is 2.11.